The molecule has 110 valence electrons. The molecule has 1 aromatic carbocycles. The zero-order valence-electron chi connectivity index (χ0n) is 11.9. The average Bonchev–Trinajstić information content (AvgIpc) is 2.45. The van der Waals surface area contributed by atoms with Gasteiger partial charge in [0.25, 0.3) is 0 Å². The van der Waals surface area contributed by atoms with Crippen molar-refractivity contribution in [2.45, 2.75) is 45.5 Å². The van der Waals surface area contributed by atoms with Crippen molar-refractivity contribution in [1.29, 1.82) is 0 Å². The van der Waals surface area contributed by atoms with Gasteiger partial charge in [0, 0.05) is 20.3 Å². The molecule has 4 nitrogen and oxygen atoms in total. The lowest BCUT2D eigenvalue weighted by molar-refractivity contribution is -0.187. The molecule has 0 saturated heterocycles. The van der Waals surface area contributed by atoms with Gasteiger partial charge in [-0.05, 0) is 18.6 Å². The number of rotatable bonds is 3. The van der Waals surface area contributed by atoms with E-state index in [0.717, 1.165) is 5.56 Å². The van der Waals surface area contributed by atoms with Crippen LogP contribution in [0.1, 0.15) is 32.8 Å². The Morgan fingerprint density at radius 3 is 2.95 bits per heavy atom. The zero-order valence-corrected chi connectivity index (χ0v) is 12.7. The first-order valence-corrected chi connectivity index (χ1v) is 7.09. The molecule has 1 aliphatic rings. The number of ether oxygens (including phenoxy) is 3. The lowest BCUT2D eigenvalue weighted by Crippen LogP contribution is -2.36. The quantitative estimate of drug-likeness (QED) is 0.803. The third kappa shape index (κ3) is 3.64. The highest BCUT2D eigenvalue weighted by molar-refractivity contribution is 6.32. The van der Waals surface area contributed by atoms with Crippen molar-refractivity contribution >= 4 is 17.6 Å². The first-order valence-electron chi connectivity index (χ1n) is 6.71. The Balaban J connectivity index is 2.23. The van der Waals surface area contributed by atoms with Gasteiger partial charge in [-0.1, -0.05) is 23.7 Å². The number of carbonyl (C=O) groups excluding carboxylic acids is 1. The molecule has 0 radical (unpaired) electrons. The van der Waals surface area contributed by atoms with Crippen LogP contribution in [0.4, 0.5) is 0 Å². The van der Waals surface area contributed by atoms with Crippen molar-refractivity contribution < 1.29 is 19.0 Å². The van der Waals surface area contributed by atoms with Crippen LogP contribution in [-0.2, 0) is 20.7 Å². The number of halogens is 1. The predicted octanol–water partition coefficient (Wildman–Crippen LogP) is 3.35. The standard InChI is InChI=1S/C15H19ClO4/c1-4-18-13(17)9-11-8-10-6-5-7-12(16)14(10)20-15(2,3)19-11/h5-7,11H,4,8-9H2,1-3H3. The van der Waals surface area contributed by atoms with Crippen molar-refractivity contribution in [2.24, 2.45) is 0 Å². The second-order valence-corrected chi connectivity index (χ2v) is 5.59. The highest BCUT2D eigenvalue weighted by Crippen LogP contribution is 2.37. The summed E-state index contributed by atoms with van der Waals surface area (Å²) in [5.74, 6) is -0.475. The van der Waals surface area contributed by atoms with Crippen LogP contribution < -0.4 is 4.74 Å². The molecule has 0 amide bonds. The minimum atomic E-state index is -0.840. The second kappa shape index (κ2) is 6.02. The molecule has 0 fully saturated rings. The Morgan fingerprint density at radius 1 is 1.50 bits per heavy atom. The SMILES string of the molecule is CCOC(=O)CC1Cc2cccc(Cl)c2OC(C)(C)O1. The van der Waals surface area contributed by atoms with Crippen LogP contribution in [0.5, 0.6) is 5.75 Å². The summed E-state index contributed by atoms with van der Waals surface area (Å²) in [6.07, 6.45) is 0.480. The fraction of sp³-hybridized carbons (Fsp3) is 0.533. The molecule has 2 rings (SSSR count). The summed E-state index contributed by atoms with van der Waals surface area (Å²) in [5, 5.41) is 0.552. The highest BCUT2D eigenvalue weighted by Gasteiger charge is 2.33. The molecule has 1 heterocycles. The van der Waals surface area contributed by atoms with Gasteiger partial charge in [-0.3, -0.25) is 4.79 Å². The summed E-state index contributed by atoms with van der Waals surface area (Å²) in [4.78, 5) is 11.6. The van der Waals surface area contributed by atoms with Crippen molar-refractivity contribution in [1.82, 2.24) is 0 Å². The minimum Gasteiger partial charge on any atom is -0.466 e. The molecule has 0 N–H and O–H groups in total. The summed E-state index contributed by atoms with van der Waals surface area (Å²) in [5.41, 5.74) is 0.942. The smallest absolute Gasteiger partial charge is 0.308 e. The average molecular weight is 299 g/mol. The Kier molecular flexibility index (Phi) is 4.55. The molecule has 0 saturated carbocycles. The van der Waals surface area contributed by atoms with E-state index in [1.807, 2.05) is 26.0 Å². The van der Waals surface area contributed by atoms with Gasteiger partial charge >= 0.3 is 5.97 Å². The molecule has 20 heavy (non-hydrogen) atoms. The first-order chi connectivity index (χ1) is 9.41. The molecule has 0 spiro atoms. The Morgan fingerprint density at radius 2 is 2.25 bits per heavy atom. The van der Waals surface area contributed by atoms with E-state index in [0.29, 0.717) is 23.8 Å². The maximum atomic E-state index is 11.6. The zero-order chi connectivity index (χ0) is 14.8. The third-order valence-electron chi connectivity index (χ3n) is 2.99. The van der Waals surface area contributed by atoms with Gasteiger partial charge in [-0.25, -0.2) is 0 Å². The first kappa shape index (κ1) is 15.1. The van der Waals surface area contributed by atoms with Gasteiger partial charge < -0.3 is 14.2 Å². The Labute approximate surface area is 124 Å². The van der Waals surface area contributed by atoms with E-state index in [4.69, 9.17) is 25.8 Å². The van der Waals surface area contributed by atoms with Crippen LogP contribution in [-0.4, -0.2) is 24.5 Å². The molecular formula is C15H19ClO4. The van der Waals surface area contributed by atoms with E-state index in [1.54, 1.807) is 13.0 Å². The largest absolute Gasteiger partial charge is 0.466 e. The topological polar surface area (TPSA) is 44.8 Å². The summed E-state index contributed by atoms with van der Waals surface area (Å²) in [7, 11) is 0. The fourth-order valence-electron chi connectivity index (χ4n) is 2.31. The monoisotopic (exact) mass is 298 g/mol. The molecular weight excluding hydrogens is 280 g/mol. The number of hydrogen-bond acceptors (Lipinski definition) is 4. The van der Waals surface area contributed by atoms with Gasteiger partial charge in [0.05, 0.1) is 24.2 Å². The Hall–Kier alpha value is -1.26. The van der Waals surface area contributed by atoms with E-state index < -0.39 is 5.79 Å². The fourth-order valence-corrected chi connectivity index (χ4v) is 2.54. The number of fused-ring (bicyclic) bond motifs is 1. The minimum absolute atomic E-state index is 0.201. The van der Waals surface area contributed by atoms with Crippen LogP contribution >= 0.6 is 11.6 Å². The lowest BCUT2D eigenvalue weighted by Gasteiger charge is -2.28. The molecule has 1 aromatic rings. The number of esters is 1. The van der Waals surface area contributed by atoms with Gasteiger partial charge in [0.15, 0.2) is 0 Å². The van der Waals surface area contributed by atoms with Crippen molar-refractivity contribution in [2.75, 3.05) is 6.61 Å². The van der Waals surface area contributed by atoms with E-state index in [2.05, 4.69) is 0 Å². The summed E-state index contributed by atoms with van der Waals surface area (Å²) in [6.45, 7) is 5.77. The molecule has 0 aromatic heterocycles. The van der Waals surface area contributed by atoms with E-state index in [-0.39, 0.29) is 18.5 Å². The predicted molar refractivity (Wildman–Crippen MR) is 76.0 cm³/mol. The number of hydrogen-bond donors (Lipinski definition) is 0. The number of carbonyl (C=O) groups is 1. The van der Waals surface area contributed by atoms with E-state index in [9.17, 15) is 4.79 Å². The van der Waals surface area contributed by atoms with Crippen molar-refractivity contribution in [3.05, 3.63) is 28.8 Å². The van der Waals surface area contributed by atoms with Crippen LogP contribution in [0, 0.1) is 0 Å². The summed E-state index contributed by atoms with van der Waals surface area (Å²) >= 11 is 6.17. The van der Waals surface area contributed by atoms with Crippen LogP contribution in [0.3, 0.4) is 0 Å². The molecule has 1 aliphatic heterocycles. The van der Waals surface area contributed by atoms with Crippen molar-refractivity contribution in [3.8, 4) is 5.75 Å². The molecule has 5 heteroatoms. The summed E-state index contributed by atoms with van der Waals surface area (Å²) in [6, 6.07) is 5.58. The van der Waals surface area contributed by atoms with E-state index >= 15 is 0 Å². The van der Waals surface area contributed by atoms with Crippen LogP contribution in [0.2, 0.25) is 5.02 Å². The number of benzene rings is 1. The lowest BCUT2D eigenvalue weighted by atomic mass is 10.0. The maximum absolute atomic E-state index is 11.6. The van der Waals surface area contributed by atoms with Gasteiger partial charge in [-0.15, -0.1) is 0 Å². The molecule has 1 atom stereocenters. The molecule has 0 bridgehead atoms. The normalized spacial score (nSPS) is 20.5. The molecule has 1 unspecified atom stereocenters. The maximum Gasteiger partial charge on any atom is 0.308 e. The second-order valence-electron chi connectivity index (χ2n) is 5.18. The summed E-state index contributed by atoms with van der Waals surface area (Å²) < 4.78 is 16.7. The van der Waals surface area contributed by atoms with Crippen LogP contribution in [0.15, 0.2) is 18.2 Å². The van der Waals surface area contributed by atoms with Crippen LogP contribution in [0.25, 0.3) is 0 Å². The molecule has 0 aliphatic carbocycles. The number of para-hydroxylation sites is 1. The van der Waals surface area contributed by atoms with Gasteiger partial charge in [-0.2, -0.15) is 0 Å². The van der Waals surface area contributed by atoms with Gasteiger partial charge in [0.1, 0.15) is 5.75 Å². The van der Waals surface area contributed by atoms with Gasteiger partial charge in [0.2, 0.25) is 5.79 Å². The van der Waals surface area contributed by atoms with E-state index in [1.165, 1.54) is 0 Å². The highest BCUT2D eigenvalue weighted by atomic mass is 35.5. The Bertz CT molecular complexity index is 499. The third-order valence-corrected chi connectivity index (χ3v) is 3.29. The van der Waals surface area contributed by atoms with Crippen molar-refractivity contribution in [3.63, 3.8) is 0 Å².